The van der Waals surface area contributed by atoms with Crippen molar-refractivity contribution in [2.45, 2.75) is 16.5 Å². The van der Waals surface area contributed by atoms with E-state index < -0.39 is 0 Å². The number of aromatic nitrogens is 1. The van der Waals surface area contributed by atoms with Crippen LogP contribution in [0.4, 0.5) is 0 Å². The molecule has 1 aromatic carbocycles. The number of halogens is 2. The molecular weight excluding hydrogens is 416 g/mol. The summed E-state index contributed by atoms with van der Waals surface area (Å²) in [6, 6.07) is 10.3. The predicted octanol–water partition coefficient (Wildman–Crippen LogP) is 4.49. The number of nitrogens with zero attached hydrogens (tertiary/aromatic N) is 1. The van der Waals surface area contributed by atoms with Crippen molar-refractivity contribution in [1.82, 2.24) is 10.3 Å². The molecule has 2 rings (SSSR count). The molecule has 0 bridgehead atoms. The largest absolute Gasteiger partial charge is 0.383 e. The van der Waals surface area contributed by atoms with Crippen LogP contribution in [-0.4, -0.2) is 25.2 Å². The molecule has 3 nitrogen and oxygen atoms in total. The molecule has 1 aromatic heterocycles. The van der Waals surface area contributed by atoms with Crippen molar-refractivity contribution in [2.24, 2.45) is 0 Å². The first-order chi connectivity index (χ1) is 10.2. The third-order valence-corrected chi connectivity index (χ3v) is 5.66. The molecule has 0 atom stereocenters. The lowest BCUT2D eigenvalue weighted by atomic mass is 10.2. The minimum Gasteiger partial charge on any atom is -0.383 e. The van der Waals surface area contributed by atoms with Crippen LogP contribution in [0.25, 0.3) is 0 Å². The van der Waals surface area contributed by atoms with Crippen LogP contribution in [0.5, 0.6) is 0 Å². The molecule has 21 heavy (non-hydrogen) atoms. The highest BCUT2D eigenvalue weighted by molar-refractivity contribution is 9.11. The van der Waals surface area contributed by atoms with Crippen molar-refractivity contribution in [1.29, 1.82) is 0 Å². The number of hydrogen-bond acceptors (Lipinski definition) is 4. The third-order valence-electron chi connectivity index (χ3n) is 2.74. The Labute approximate surface area is 146 Å². The van der Waals surface area contributed by atoms with Gasteiger partial charge < -0.3 is 10.1 Å². The highest BCUT2D eigenvalue weighted by Crippen LogP contribution is 2.36. The van der Waals surface area contributed by atoms with E-state index >= 15 is 0 Å². The van der Waals surface area contributed by atoms with Crippen LogP contribution in [0, 0.1) is 0 Å². The van der Waals surface area contributed by atoms with Gasteiger partial charge in [0, 0.05) is 35.8 Å². The summed E-state index contributed by atoms with van der Waals surface area (Å²) in [5.41, 5.74) is 1.24. The van der Waals surface area contributed by atoms with Gasteiger partial charge in [0.2, 0.25) is 0 Å². The van der Waals surface area contributed by atoms with Gasteiger partial charge in [-0.2, -0.15) is 0 Å². The Balaban J connectivity index is 2.01. The van der Waals surface area contributed by atoms with E-state index in [-0.39, 0.29) is 0 Å². The second-order valence-corrected chi connectivity index (χ2v) is 7.07. The van der Waals surface area contributed by atoms with Gasteiger partial charge in [-0.3, -0.25) is 0 Å². The fourth-order valence-electron chi connectivity index (χ4n) is 1.69. The van der Waals surface area contributed by atoms with Crippen molar-refractivity contribution < 1.29 is 4.74 Å². The molecular formula is C15H16Br2N2OS. The SMILES string of the molecule is COCCNCc1ccc(Sc2ncccc2Br)c(Br)c1. The number of nitrogens with one attached hydrogen (secondary N) is 1. The molecule has 0 aliphatic carbocycles. The number of rotatable bonds is 7. The average Bonchev–Trinajstić information content (AvgIpc) is 2.48. The van der Waals surface area contributed by atoms with Crippen molar-refractivity contribution in [3.63, 3.8) is 0 Å². The summed E-state index contributed by atoms with van der Waals surface area (Å²) in [5.74, 6) is 0. The third kappa shape index (κ3) is 5.38. The first kappa shape index (κ1) is 17.0. The number of hydrogen-bond donors (Lipinski definition) is 1. The summed E-state index contributed by atoms with van der Waals surface area (Å²) >= 11 is 8.79. The summed E-state index contributed by atoms with van der Waals surface area (Å²) in [6.07, 6.45) is 1.80. The van der Waals surface area contributed by atoms with E-state index in [1.807, 2.05) is 12.1 Å². The fourth-order valence-corrected chi connectivity index (χ4v) is 3.64. The molecule has 0 fully saturated rings. The maximum Gasteiger partial charge on any atom is 0.115 e. The molecule has 0 aliphatic heterocycles. The van der Waals surface area contributed by atoms with Crippen LogP contribution >= 0.6 is 43.6 Å². The van der Waals surface area contributed by atoms with Gasteiger partial charge in [0.25, 0.3) is 0 Å². The highest BCUT2D eigenvalue weighted by Gasteiger charge is 2.07. The zero-order chi connectivity index (χ0) is 15.1. The molecule has 1 heterocycles. The van der Waals surface area contributed by atoms with E-state index in [0.717, 1.165) is 38.6 Å². The summed E-state index contributed by atoms with van der Waals surface area (Å²) in [6.45, 7) is 2.41. The summed E-state index contributed by atoms with van der Waals surface area (Å²) < 4.78 is 7.10. The van der Waals surface area contributed by atoms with Crippen molar-refractivity contribution in [2.75, 3.05) is 20.3 Å². The van der Waals surface area contributed by atoms with Gasteiger partial charge in [-0.15, -0.1) is 0 Å². The molecule has 6 heteroatoms. The van der Waals surface area contributed by atoms with Crippen LogP contribution < -0.4 is 5.32 Å². The second-order valence-electron chi connectivity index (χ2n) is 4.33. The molecule has 0 aliphatic rings. The Kier molecular flexibility index (Phi) is 7.19. The van der Waals surface area contributed by atoms with E-state index in [1.165, 1.54) is 5.56 Å². The number of pyridine rings is 1. The number of benzene rings is 1. The summed E-state index contributed by atoms with van der Waals surface area (Å²) in [4.78, 5) is 5.52. The molecule has 2 aromatic rings. The minimum atomic E-state index is 0.725. The van der Waals surface area contributed by atoms with Crippen LogP contribution in [0.15, 0.2) is 55.4 Å². The second kappa shape index (κ2) is 8.90. The minimum absolute atomic E-state index is 0.725. The molecule has 112 valence electrons. The molecule has 0 unspecified atom stereocenters. The van der Waals surface area contributed by atoms with E-state index in [1.54, 1.807) is 25.1 Å². The average molecular weight is 432 g/mol. The van der Waals surface area contributed by atoms with Gasteiger partial charge in [0.05, 0.1) is 11.1 Å². The molecule has 1 N–H and O–H groups in total. The lowest BCUT2D eigenvalue weighted by molar-refractivity contribution is 0.199. The van der Waals surface area contributed by atoms with Crippen LogP contribution in [0.1, 0.15) is 5.56 Å². The lowest BCUT2D eigenvalue weighted by Gasteiger charge is -2.09. The van der Waals surface area contributed by atoms with E-state index in [4.69, 9.17) is 4.74 Å². The summed E-state index contributed by atoms with van der Waals surface area (Å²) in [5, 5.41) is 4.30. The Morgan fingerprint density at radius 1 is 1.24 bits per heavy atom. The maximum atomic E-state index is 5.01. The monoisotopic (exact) mass is 430 g/mol. The Morgan fingerprint density at radius 3 is 2.81 bits per heavy atom. The van der Waals surface area contributed by atoms with Crippen molar-refractivity contribution in [3.05, 3.63) is 51.0 Å². The lowest BCUT2D eigenvalue weighted by Crippen LogP contribution is -2.18. The van der Waals surface area contributed by atoms with Gasteiger partial charge in [-0.05, 0) is 61.7 Å². The molecule has 0 spiro atoms. The zero-order valence-corrected chi connectivity index (χ0v) is 15.6. The van der Waals surface area contributed by atoms with Crippen LogP contribution in [0.2, 0.25) is 0 Å². The van der Waals surface area contributed by atoms with Gasteiger partial charge in [-0.1, -0.05) is 17.8 Å². The molecule has 0 amide bonds. The summed E-state index contributed by atoms with van der Waals surface area (Å²) in [7, 11) is 1.71. The first-order valence-corrected chi connectivity index (χ1v) is 8.87. The van der Waals surface area contributed by atoms with Gasteiger partial charge in [0.1, 0.15) is 5.03 Å². The van der Waals surface area contributed by atoms with Crippen LogP contribution in [0.3, 0.4) is 0 Å². The maximum absolute atomic E-state index is 5.01. The van der Waals surface area contributed by atoms with E-state index in [9.17, 15) is 0 Å². The Bertz CT molecular complexity index is 596. The van der Waals surface area contributed by atoms with E-state index in [2.05, 4.69) is 60.4 Å². The first-order valence-electron chi connectivity index (χ1n) is 6.47. The zero-order valence-electron chi connectivity index (χ0n) is 11.6. The number of methoxy groups -OCH3 is 1. The van der Waals surface area contributed by atoms with E-state index in [0.29, 0.717) is 0 Å². The van der Waals surface area contributed by atoms with Gasteiger partial charge in [0.15, 0.2) is 0 Å². The molecule has 0 saturated carbocycles. The predicted molar refractivity (Wildman–Crippen MR) is 93.8 cm³/mol. The molecule has 0 radical (unpaired) electrons. The van der Waals surface area contributed by atoms with Gasteiger partial charge >= 0.3 is 0 Å². The van der Waals surface area contributed by atoms with Gasteiger partial charge in [-0.25, -0.2) is 4.98 Å². The smallest absolute Gasteiger partial charge is 0.115 e. The van der Waals surface area contributed by atoms with Crippen LogP contribution in [-0.2, 0) is 11.3 Å². The van der Waals surface area contributed by atoms with Crippen molar-refractivity contribution >= 4 is 43.6 Å². The topological polar surface area (TPSA) is 34.1 Å². The normalized spacial score (nSPS) is 10.8. The number of ether oxygens (including phenoxy) is 1. The Hall–Kier alpha value is -0.400. The fraction of sp³-hybridized carbons (Fsp3) is 0.267. The Morgan fingerprint density at radius 2 is 2.10 bits per heavy atom. The highest BCUT2D eigenvalue weighted by atomic mass is 79.9. The molecule has 0 saturated heterocycles. The van der Waals surface area contributed by atoms with Crippen molar-refractivity contribution in [3.8, 4) is 0 Å². The standard InChI is InChI=1S/C15H16Br2N2OS/c1-20-8-7-18-10-11-4-5-14(13(17)9-11)21-15-12(16)3-2-6-19-15/h2-6,9,18H,7-8,10H2,1H3. The quantitative estimate of drug-likeness (QED) is 0.654.